The van der Waals surface area contributed by atoms with E-state index in [0.29, 0.717) is 12.2 Å². The van der Waals surface area contributed by atoms with Gasteiger partial charge in [-0.3, -0.25) is 0 Å². The van der Waals surface area contributed by atoms with E-state index in [2.05, 4.69) is 4.98 Å². The first kappa shape index (κ1) is 14.1. The molecule has 2 N–H and O–H groups in total. The number of nitrogens with two attached hydrogens (primary N) is 1. The maximum Gasteiger partial charge on any atom is 0.136 e. The zero-order valence-corrected chi connectivity index (χ0v) is 11.9. The minimum absolute atomic E-state index is 0.170. The quantitative estimate of drug-likeness (QED) is 0.789. The van der Waals surface area contributed by atoms with Crippen LogP contribution in [0.25, 0.3) is 11.1 Å². The zero-order chi connectivity index (χ0) is 15.4. The summed E-state index contributed by atoms with van der Waals surface area (Å²) in [6.07, 6.45) is 1.44. The van der Waals surface area contributed by atoms with E-state index < -0.39 is 0 Å². The van der Waals surface area contributed by atoms with Gasteiger partial charge in [0, 0.05) is 17.8 Å². The molecular weight excluding hydrogens is 279 g/mol. The zero-order valence-electron chi connectivity index (χ0n) is 11.9. The molecule has 0 radical (unpaired) electrons. The number of benzene rings is 2. The Kier molecular flexibility index (Phi) is 4.01. The number of nitrogen functional groups attached to an aromatic ring is 1. The Hall–Kier alpha value is -2.88. The molecule has 1 aromatic heterocycles. The third-order valence-corrected chi connectivity index (χ3v) is 3.29. The molecule has 0 saturated carbocycles. The van der Waals surface area contributed by atoms with Crippen molar-refractivity contribution in [2.24, 2.45) is 0 Å². The molecule has 0 aliphatic carbocycles. The van der Waals surface area contributed by atoms with Crippen LogP contribution in [0.1, 0.15) is 5.56 Å². The van der Waals surface area contributed by atoms with Crippen molar-refractivity contribution in [2.45, 2.75) is 6.61 Å². The van der Waals surface area contributed by atoms with Crippen molar-refractivity contribution in [3.05, 3.63) is 78.2 Å². The molecule has 110 valence electrons. The van der Waals surface area contributed by atoms with Crippen LogP contribution in [-0.4, -0.2) is 4.98 Å². The third kappa shape index (κ3) is 3.23. The van der Waals surface area contributed by atoms with Crippen molar-refractivity contribution in [3.8, 4) is 16.9 Å². The van der Waals surface area contributed by atoms with Crippen molar-refractivity contribution in [3.63, 3.8) is 0 Å². The summed E-state index contributed by atoms with van der Waals surface area (Å²) in [6.45, 7) is 0.498. The molecule has 0 saturated heterocycles. The topological polar surface area (TPSA) is 48.1 Å². The fourth-order valence-corrected chi connectivity index (χ4v) is 2.13. The standard InChI is InChI=1S/C18H15FN2O/c19-17-10-18(20)21-11-16(17)14-6-8-15(9-7-14)22-12-13-4-2-1-3-5-13/h1-11H,12H2,(H2,20,21). The van der Waals surface area contributed by atoms with Crippen molar-refractivity contribution >= 4 is 5.82 Å². The molecule has 2 aromatic carbocycles. The minimum Gasteiger partial charge on any atom is -0.489 e. The molecule has 0 fully saturated rings. The molecule has 0 atom stereocenters. The highest BCUT2D eigenvalue weighted by Crippen LogP contribution is 2.25. The number of rotatable bonds is 4. The summed E-state index contributed by atoms with van der Waals surface area (Å²) < 4.78 is 19.6. The van der Waals surface area contributed by atoms with Gasteiger partial charge in [-0.25, -0.2) is 9.37 Å². The second-order valence-electron chi connectivity index (χ2n) is 4.89. The number of hydrogen-bond donors (Lipinski definition) is 1. The van der Waals surface area contributed by atoms with Gasteiger partial charge in [-0.15, -0.1) is 0 Å². The van der Waals surface area contributed by atoms with E-state index in [1.807, 2.05) is 42.5 Å². The minimum atomic E-state index is -0.384. The third-order valence-electron chi connectivity index (χ3n) is 3.29. The molecule has 0 amide bonds. The second kappa shape index (κ2) is 6.26. The van der Waals surface area contributed by atoms with E-state index in [4.69, 9.17) is 10.5 Å². The van der Waals surface area contributed by atoms with Gasteiger partial charge in [-0.1, -0.05) is 42.5 Å². The summed E-state index contributed by atoms with van der Waals surface area (Å²) in [5.74, 6) is 0.519. The van der Waals surface area contributed by atoms with E-state index >= 15 is 0 Å². The van der Waals surface area contributed by atoms with Gasteiger partial charge >= 0.3 is 0 Å². The predicted octanol–water partition coefficient (Wildman–Crippen LogP) is 4.05. The average Bonchev–Trinajstić information content (AvgIpc) is 2.55. The normalized spacial score (nSPS) is 10.4. The van der Waals surface area contributed by atoms with Crippen LogP contribution < -0.4 is 10.5 Å². The van der Waals surface area contributed by atoms with E-state index in [9.17, 15) is 4.39 Å². The maximum atomic E-state index is 13.9. The average molecular weight is 294 g/mol. The van der Waals surface area contributed by atoms with E-state index in [1.54, 1.807) is 12.1 Å². The molecular formula is C18H15FN2O. The maximum absolute atomic E-state index is 13.9. The highest BCUT2D eigenvalue weighted by molar-refractivity contribution is 5.65. The Morgan fingerprint density at radius 3 is 2.41 bits per heavy atom. The van der Waals surface area contributed by atoms with E-state index in [-0.39, 0.29) is 11.6 Å². The highest BCUT2D eigenvalue weighted by Gasteiger charge is 2.06. The van der Waals surface area contributed by atoms with Crippen molar-refractivity contribution in [1.82, 2.24) is 4.98 Å². The lowest BCUT2D eigenvalue weighted by atomic mass is 10.1. The molecule has 0 aliphatic heterocycles. The Bertz CT molecular complexity index is 758. The number of hydrogen-bond acceptors (Lipinski definition) is 3. The first-order valence-corrected chi connectivity index (χ1v) is 6.90. The lowest BCUT2D eigenvalue weighted by Crippen LogP contribution is -1.95. The summed E-state index contributed by atoms with van der Waals surface area (Å²) in [4.78, 5) is 3.92. The van der Waals surface area contributed by atoms with Gasteiger partial charge in [-0.05, 0) is 23.3 Å². The largest absolute Gasteiger partial charge is 0.489 e. The van der Waals surface area contributed by atoms with Crippen LogP contribution in [0.5, 0.6) is 5.75 Å². The monoisotopic (exact) mass is 294 g/mol. The molecule has 3 nitrogen and oxygen atoms in total. The second-order valence-corrected chi connectivity index (χ2v) is 4.89. The summed E-state index contributed by atoms with van der Waals surface area (Å²) in [5, 5.41) is 0. The molecule has 0 spiro atoms. The smallest absolute Gasteiger partial charge is 0.136 e. The van der Waals surface area contributed by atoms with Crippen LogP contribution in [0, 0.1) is 5.82 Å². The van der Waals surface area contributed by atoms with Crippen LogP contribution in [-0.2, 0) is 6.61 Å². The summed E-state index contributed by atoms with van der Waals surface area (Å²) in [5.41, 5.74) is 7.70. The molecule has 3 rings (SSSR count). The summed E-state index contributed by atoms with van der Waals surface area (Å²) in [6, 6.07) is 18.4. The van der Waals surface area contributed by atoms with Crippen molar-refractivity contribution < 1.29 is 9.13 Å². The first-order valence-electron chi connectivity index (χ1n) is 6.90. The molecule has 1 heterocycles. The SMILES string of the molecule is Nc1cc(F)c(-c2ccc(OCc3ccccc3)cc2)cn1. The van der Waals surface area contributed by atoms with E-state index in [0.717, 1.165) is 16.9 Å². The van der Waals surface area contributed by atoms with Crippen LogP contribution in [0.3, 0.4) is 0 Å². The fourth-order valence-electron chi connectivity index (χ4n) is 2.13. The van der Waals surface area contributed by atoms with Crippen molar-refractivity contribution in [1.29, 1.82) is 0 Å². The highest BCUT2D eigenvalue weighted by atomic mass is 19.1. The lowest BCUT2D eigenvalue weighted by molar-refractivity contribution is 0.306. The number of nitrogens with zero attached hydrogens (tertiary/aromatic N) is 1. The van der Waals surface area contributed by atoms with E-state index in [1.165, 1.54) is 12.3 Å². The Morgan fingerprint density at radius 2 is 1.73 bits per heavy atom. The Balaban J connectivity index is 1.72. The lowest BCUT2D eigenvalue weighted by Gasteiger charge is -2.08. The van der Waals surface area contributed by atoms with Crippen LogP contribution in [0.4, 0.5) is 10.2 Å². The van der Waals surface area contributed by atoms with Crippen molar-refractivity contribution in [2.75, 3.05) is 5.73 Å². The number of ether oxygens (including phenoxy) is 1. The molecule has 0 unspecified atom stereocenters. The van der Waals surface area contributed by atoms with Gasteiger partial charge < -0.3 is 10.5 Å². The predicted molar refractivity (Wildman–Crippen MR) is 84.8 cm³/mol. The van der Waals surface area contributed by atoms with Gasteiger partial charge in [-0.2, -0.15) is 0 Å². The molecule has 0 aliphatic rings. The molecule has 22 heavy (non-hydrogen) atoms. The number of halogens is 1. The van der Waals surface area contributed by atoms with Gasteiger partial charge in [0.25, 0.3) is 0 Å². The first-order chi connectivity index (χ1) is 10.7. The molecule has 4 heteroatoms. The van der Waals surface area contributed by atoms with Gasteiger partial charge in [0.2, 0.25) is 0 Å². The molecule has 0 bridgehead atoms. The summed E-state index contributed by atoms with van der Waals surface area (Å²) in [7, 11) is 0. The van der Waals surface area contributed by atoms with Gasteiger partial charge in [0.05, 0.1) is 0 Å². The number of aromatic nitrogens is 1. The Morgan fingerprint density at radius 1 is 1.00 bits per heavy atom. The van der Waals surface area contributed by atoms with Gasteiger partial charge in [0.15, 0.2) is 0 Å². The number of anilines is 1. The Labute approximate surface area is 128 Å². The van der Waals surface area contributed by atoms with Gasteiger partial charge in [0.1, 0.15) is 24.0 Å². The molecule has 3 aromatic rings. The number of pyridine rings is 1. The van der Waals surface area contributed by atoms with Crippen LogP contribution in [0.15, 0.2) is 66.9 Å². The van der Waals surface area contributed by atoms with Crippen LogP contribution >= 0.6 is 0 Å². The summed E-state index contributed by atoms with van der Waals surface area (Å²) >= 11 is 0. The van der Waals surface area contributed by atoms with Crippen LogP contribution in [0.2, 0.25) is 0 Å². The fraction of sp³-hybridized carbons (Fsp3) is 0.0556.